The van der Waals surface area contributed by atoms with Crippen LogP contribution in [0.25, 0.3) is 0 Å². The summed E-state index contributed by atoms with van der Waals surface area (Å²) in [7, 11) is 3.80. The van der Waals surface area contributed by atoms with E-state index in [4.69, 9.17) is 4.74 Å². The lowest BCUT2D eigenvalue weighted by Crippen LogP contribution is -2.23. The maximum absolute atomic E-state index is 12.6. The second kappa shape index (κ2) is 10.1. The van der Waals surface area contributed by atoms with Crippen LogP contribution < -0.4 is 15.5 Å². The van der Waals surface area contributed by atoms with E-state index in [2.05, 4.69) is 10.6 Å². The van der Waals surface area contributed by atoms with E-state index in [-0.39, 0.29) is 12.5 Å². The van der Waals surface area contributed by atoms with Crippen molar-refractivity contribution < 1.29 is 14.3 Å². The molecule has 0 spiro atoms. The van der Waals surface area contributed by atoms with Crippen LogP contribution >= 0.6 is 0 Å². The summed E-state index contributed by atoms with van der Waals surface area (Å²) in [6, 6.07) is 24.3. The van der Waals surface area contributed by atoms with Gasteiger partial charge in [-0.05, 0) is 35.4 Å². The Morgan fingerprint density at radius 3 is 2.20 bits per heavy atom. The van der Waals surface area contributed by atoms with Crippen molar-refractivity contribution in [2.45, 2.75) is 13.2 Å². The number of para-hydroxylation sites is 1. The van der Waals surface area contributed by atoms with Gasteiger partial charge in [0.15, 0.2) is 0 Å². The molecule has 0 aromatic heterocycles. The molecule has 0 fully saturated rings. The fraction of sp³-hybridized carbons (Fsp3) is 0.167. The number of nitrogens with zero attached hydrogens (tertiary/aromatic N) is 1. The number of amides is 2. The van der Waals surface area contributed by atoms with E-state index in [0.717, 1.165) is 16.8 Å². The van der Waals surface area contributed by atoms with Gasteiger partial charge in [0.2, 0.25) is 0 Å². The second-order valence-electron chi connectivity index (χ2n) is 6.98. The molecule has 0 unspecified atom stereocenters. The number of anilines is 2. The zero-order chi connectivity index (χ0) is 21.3. The summed E-state index contributed by atoms with van der Waals surface area (Å²) >= 11 is 0. The summed E-state index contributed by atoms with van der Waals surface area (Å²) in [5.74, 6) is -0.172. The van der Waals surface area contributed by atoms with Gasteiger partial charge in [-0.2, -0.15) is 0 Å². The number of rotatable bonds is 7. The predicted octanol–water partition coefficient (Wildman–Crippen LogP) is 4.43. The molecular weight excluding hydrogens is 378 g/mol. The van der Waals surface area contributed by atoms with Crippen molar-refractivity contribution in [1.29, 1.82) is 0 Å². The fourth-order valence-corrected chi connectivity index (χ4v) is 2.91. The van der Waals surface area contributed by atoms with Crippen molar-refractivity contribution in [3.05, 3.63) is 95.6 Å². The molecule has 6 nitrogen and oxygen atoms in total. The van der Waals surface area contributed by atoms with E-state index in [1.54, 1.807) is 6.07 Å². The van der Waals surface area contributed by atoms with Gasteiger partial charge < -0.3 is 20.3 Å². The molecule has 154 valence electrons. The first-order valence-corrected chi connectivity index (χ1v) is 9.64. The molecule has 3 rings (SSSR count). The first-order valence-electron chi connectivity index (χ1n) is 9.64. The van der Waals surface area contributed by atoms with Crippen LogP contribution in [0.1, 0.15) is 21.5 Å². The Bertz CT molecular complexity index is 986. The Balaban J connectivity index is 1.50. The van der Waals surface area contributed by atoms with E-state index in [1.165, 1.54) is 0 Å². The summed E-state index contributed by atoms with van der Waals surface area (Å²) in [6.07, 6.45) is -0.475. The van der Waals surface area contributed by atoms with Crippen molar-refractivity contribution in [2.75, 3.05) is 24.3 Å². The molecule has 0 atom stereocenters. The number of hydrogen-bond acceptors (Lipinski definition) is 4. The van der Waals surface area contributed by atoms with E-state index in [0.29, 0.717) is 17.8 Å². The Hall–Kier alpha value is -3.80. The SMILES string of the molecule is CN(C)c1ccccc1C(=O)Nc1ccc(CNC(=O)OCc2ccccc2)cc1. The van der Waals surface area contributed by atoms with Gasteiger partial charge in [0, 0.05) is 32.0 Å². The maximum Gasteiger partial charge on any atom is 0.407 e. The summed E-state index contributed by atoms with van der Waals surface area (Å²) in [4.78, 5) is 26.4. The minimum atomic E-state index is -0.475. The highest BCUT2D eigenvalue weighted by molar-refractivity contribution is 6.08. The zero-order valence-electron chi connectivity index (χ0n) is 17.1. The molecule has 0 aliphatic heterocycles. The number of alkyl carbamates (subject to hydrolysis) is 1. The molecule has 3 aromatic carbocycles. The monoisotopic (exact) mass is 403 g/mol. The van der Waals surface area contributed by atoms with Gasteiger partial charge in [-0.15, -0.1) is 0 Å². The van der Waals surface area contributed by atoms with Gasteiger partial charge in [-0.1, -0.05) is 54.6 Å². The molecule has 30 heavy (non-hydrogen) atoms. The van der Waals surface area contributed by atoms with Crippen LogP contribution in [0, 0.1) is 0 Å². The molecule has 6 heteroatoms. The Morgan fingerprint density at radius 2 is 1.50 bits per heavy atom. The highest BCUT2D eigenvalue weighted by Crippen LogP contribution is 2.20. The van der Waals surface area contributed by atoms with Crippen LogP contribution in [0.15, 0.2) is 78.9 Å². The first-order chi connectivity index (χ1) is 14.5. The van der Waals surface area contributed by atoms with Gasteiger partial charge in [0.25, 0.3) is 5.91 Å². The number of nitrogens with one attached hydrogen (secondary N) is 2. The minimum Gasteiger partial charge on any atom is -0.445 e. The molecule has 2 N–H and O–H groups in total. The highest BCUT2D eigenvalue weighted by atomic mass is 16.5. The summed E-state index contributed by atoms with van der Waals surface area (Å²) in [5, 5.41) is 5.63. The third-order valence-electron chi connectivity index (χ3n) is 4.49. The third-order valence-corrected chi connectivity index (χ3v) is 4.49. The van der Waals surface area contributed by atoms with Crippen LogP contribution in [-0.4, -0.2) is 26.1 Å². The number of hydrogen-bond donors (Lipinski definition) is 2. The lowest BCUT2D eigenvalue weighted by Gasteiger charge is -2.17. The number of carbonyl (C=O) groups excluding carboxylic acids is 2. The predicted molar refractivity (Wildman–Crippen MR) is 119 cm³/mol. The molecule has 0 saturated carbocycles. The summed E-state index contributed by atoms with van der Waals surface area (Å²) < 4.78 is 5.19. The van der Waals surface area contributed by atoms with Gasteiger partial charge in [0.05, 0.1) is 5.56 Å². The van der Waals surface area contributed by atoms with Crippen LogP contribution in [0.5, 0.6) is 0 Å². The van der Waals surface area contributed by atoms with Crippen molar-refractivity contribution in [3.63, 3.8) is 0 Å². The van der Waals surface area contributed by atoms with Crippen molar-refractivity contribution in [1.82, 2.24) is 5.32 Å². The normalized spacial score (nSPS) is 10.2. The molecule has 0 heterocycles. The molecular formula is C24H25N3O3. The number of benzene rings is 3. The van der Waals surface area contributed by atoms with E-state index in [9.17, 15) is 9.59 Å². The van der Waals surface area contributed by atoms with Crippen molar-refractivity contribution in [2.24, 2.45) is 0 Å². The van der Waals surface area contributed by atoms with E-state index in [1.807, 2.05) is 91.8 Å². The average Bonchev–Trinajstić information content (AvgIpc) is 2.78. The largest absolute Gasteiger partial charge is 0.445 e. The second-order valence-corrected chi connectivity index (χ2v) is 6.98. The standard InChI is InChI=1S/C24H25N3O3/c1-27(2)22-11-7-6-10-21(22)23(28)26-20-14-12-18(13-15-20)16-25-24(29)30-17-19-8-4-3-5-9-19/h3-15H,16-17H2,1-2H3,(H,25,29)(H,26,28). The first kappa shape index (κ1) is 20.9. The molecule has 0 aliphatic carbocycles. The topological polar surface area (TPSA) is 70.7 Å². The third kappa shape index (κ3) is 5.85. The highest BCUT2D eigenvalue weighted by Gasteiger charge is 2.12. The van der Waals surface area contributed by atoms with Crippen LogP contribution in [0.3, 0.4) is 0 Å². The van der Waals surface area contributed by atoms with Gasteiger partial charge in [-0.25, -0.2) is 4.79 Å². The Morgan fingerprint density at radius 1 is 0.833 bits per heavy atom. The van der Waals surface area contributed by atoms with Crippen LogP contribution in [0.4, 0.5) is 16.2 Å². The smallest absolute Gasteiger partial charge is 0.407 e. The number of ether oxygens (including phenoxy) is 1. The molecule has 0 radical (unpaired) electrons. The van der Waals surface area contributed by atoms with Gasteiger partial charge in [-0.3, -0.25) is 4.79 Å². The Kier molecular flexibility index (Phi) is 7.05. The lowest BCUT2D eigenvalue weighted by molar-refractivity contribution is 0.102. The number of carbonyl (C=O) groups is 2. The van der Waals surface area contributed by atoms with Crippen LogP contribution in [-0.2, 0) is 17.9 Å². The van der Waals surface area contributed by atoms with E-state index >= 15 is 0 Å². The molecule has 2 amide bonds. The quantitative estimate of drug-likeness (QED) is 0.612. The van der Waals surface area contributed by atoms with Gasteiger partial charge >= 0.3 is 6.09 Å². The van der Waals surface area contributed by atoms with Gasteiger partial charge in [0.1, 0.15) is 6.61 Å². The van der Waals surface area contributed by atoms with Crippen molar-refractivity contribution in [3.8, 4) is 0 Å². The van der Waals surface area contributed by atoms with Crippen LogP contribution in [0.2, 0.25) is 0 Å². The molecule has 0 bridgehead atoms. The molecule has 3 aromatic rings. The zero-order valence-corrected chi connectivity index (χ0v) is 17.1. The minimum absolute atomic E-state index is 0.172. The lowest BCUT2D eigenvalue weighted by atomic mass is 10.1. The summed E-state index contributed by atoms with van der Waals surface area (Å²) in [6.45, 7) is 0.567. The van der Waals surface area contributed by atoms with Crippen molar-refractivity contribution >= 4 is 23.4 Å². The average molecular weight is 403 g/mol. The molecule has 0 saturated heterocycles. The summed E-state index contributed by atoms with van der Waals surface area (Å²) in [5.41, 5.74) is 3.98. The molecule has 0 aliphatic rings. The van der Waals surface area contributed by atoms with E-state index < -0.39 is 6.09 Å². The fourth-order valence-electron chi connectivity index (χ4n) is 2.91. The maximum atomic E-state index is 12.6. The Labute approximate surface area is 176 Å².